The Hall–Kier alpha value is -2.59. The average molecular weight is 405 g/mol. The smallest absolute Gasteiger partial charge is 0.148 e. The van der Waals surface area contributed by atoms with Crippen LogP contribution in [-0.4, -0.2) is 27.9 Å². The van der Waals surface area contributed by atoms with Crippen LogP contribution in [-0.2, 0) is 4.74 Å². The molecule has 1 aromatic heterocycles. The first-order valence-electron chi connectivity index (χ1n) is 10.7. The molecule has 0 aliphatic carbocycles. The summed E-state index contributed by atoms with van der Waals surface area (Å²) in [6.07, 6.45) is 4.11. The molecule has 3 aromatic rings. The third-order valence-corrected chi connectivity index (χ3v) is 5.80. The van der Waals surface area contributed by atoms with Gasteiger partial charge < -0.3 is 9.47 Å². The summed E-state index contributed by atoms with van der Waals surface area (Å²) in [5, 5.41) is 0. The molecule has 0 unspecified atom stereocenters. The van der Waals surface area contributed by atoms with E-state index in [4.69, 9.17) is 14.5 Å². The number of ether oxygens (including phenoxy) is 2. The van der Waals surface area contributed by atoms with Crippen molar-refractivity contribution in [2.75, 3.05) is 7.11 Å². The Morgan fingerprint density at radius 3 is 2.37 bits per heavy atom. The molecule has 1 saturated heterocycles. The highest BCUT2D eigenvalue weighted by atomic mass is 16.5. The molecule has 0 atom stereocenters. The number of nitrogens with zero attached hydrogens (tertiary/aromatic N) is 2. The lowest BCUT2D eigenvalue weighted by Crippen LogP contribution is -2.44. The van der Waals surface area contributed by atoms with Crippen molar-refractivity contribution in [3.8, 4) is 22.8 Å². The van der Waals surface area contributed by atoms with Gasteiger partial charge in [0.15, 0.2) is 0 Å². The van der Waals surface area contributed by atoms with Crippen molar-refractivity contribution in [3.05, 3.63) is 66.0 Å². The Balaban J connectivity index is 1.86. The fourth-order valence-corrected chi connectivity index (χ4v) is 4.89. The van der Waals surface area contributed by atoms with Gasteiger partial charge in [0.2, 0.25) is 0 Å². The van der Waals surface area contributed by atoms with Crippen LogP contribution >= 0.6 is 0 Å². The van der Waals surface area contributed by atoms with Crippen molar-refractivity contribution in [1.82, 2.24) is 9.55 Å². The number of hydrogen-bond donors (Lipinski definition) is 0. The fraction of sp³-hybridized carbons (Fsp3) is 0.423. The van der Waals surface area contributed by atoms with Gasteiger partial charge in [-0.15, -0.1) is 0 Å². The first kappa shape index (κ1) is 20.7. The Kier molecular flexibility index (Phi) is 5.23. The zero-order valence-electron chi connectivity index (χ0n) is 18.9. The second-order valence-electron chi connectivity index (χ2n) is 9.63. The quantitative estimate of drug-likeness (QED) is 0.511. The van der Waals surface area contributed by atoms with Crippen molar-refractivity contribution >= 4 is 0 Å². The van der Waals surface area contributed by atoms with E-state index in [-0.39, 0.29) is 11.2 Å². The van der Waals surface area contributed by atoms with E-state index in [0.29, 0.717) is 5.92 Å². The van der Waals surface area contributed by atoms with Gasteiger partial charge in [0.1, 0.15) is 11.6 Å². The number of methoxy groups -OCH3 is 1. The number of aryl methyl sites for hydroxylation is 1. The Bertz CT molecular complexity index is 1030. The molecule has 1 aliphatic rings. The molecule has 0 saturated carbocycles. The Morgan fingerprint density at radius 2 is 1.70 bits per heavy atom. The SMILES string of the molecule is COc1ccccc1-c1nc(C2CC(C)(C)OC(C)(C)C2)cn1-c1cccc(C)c1. The molecule has 30 heavy (non-hydrogen) atoms. The minimum absolute atomic E-state index is 0.176. The largest absolute Gasteiger partial charge is 0.496 e. The van der Waals surface area contributed by atoms with Crippen LogP contribution < -0.4 is 4.74 Å². The highest BCUT2D eigenvalue weighted by Crippen LogP contribution is 2.44. The van der Waals surface area contributed by atoms with Gasteiger partial charge >= 0.3 is 0 Å². The number of rotatable bonds is 4. The lowest BCUT2D eigenvalue weighted by molar-refractivity contribution is -0.162. The van der Waals surface area contributed by atoms with E-state index in [1.165, 1.54) is 5.56 Å². The van der Waals surface area contributed by atoms with E-state index in [2.05, 4.69) is 75.7 Å². The van der Waals surface area contributed by atoms with Crippen molar-refractivity contribution in [2.24, 2.45) is 0 Å². The normalized spacial score (nSPS) is 18.3. The van der Waals surface area contributed by atoms with Gasteiger partial charge in [-0.05, 0) is 77.3 Å². The van der Waals surface area contributed by atoms with Crippen LogP contribution in [0.2, 0.25) is 0 Å². The van der Waals surface area contributed by atoms with Crippen LogP contribution in [0.4, 0.5) is 0 Å². The number of aromatic nitrogens is 2. The lowest BCUT2D eigenvalue weighted by atomic mass is 9.79. The van der Waals surface area contributed by atoms with Gasteiger partial charge in [-0.2, -0.15) is 0 Å². The van der Waals surface area contributed by atoms with Gasteiger partial charge in [0, 0.05) is 17.8 Å². The van der Waals surface area contributed by atoms with E-state index < -0.39 is 0 Å². The van der Waals surface area contributed by atoms with Crippen LogP contribution in [0, 0.1) is 6.92 Å². The van der Waals surface area contributed by atoms with Gasteiger partial charge in [-0.1, -0.05) is 24.3 Å². The van der Waals surface area contributed by atoms with Crippen LogP contribution in [0.15, 0.2) is 54.7 Å². The van der Waals surface area contributed by atoms with Crippen LogP contribution in [0.5, 0.6) is 5.75 Å². The molecular weight excluding hydrogens is 372 g/mol. The fourth-order valence-electron chi connectivity index (χ4n) is 4.89. The zero-order chi connectivity index (χ0) is 21.5. The summed E-state index contributed by atoms with van der Waals surface area (Å²) >= 11 is 0. The maximum absolute atomic E-state index is 6.32. The third kappa shape index (κ3) is 4.15. The molecular formula is C26H32N2O2. The summed E-state index contributed by atoms with van der Waals surface area (Å²) in [6, 6.07) is 16.6. The zero-order valence-corrected chi connectivity index (χ0v) is 18.9. The van der Waals surface area contributed by atoms with Crippen LogP contribution in [0.25, 0.3) is 17.1 Å². The lowest BCUT2D eigenvalue weighted by Gasteiger charge is -2.45. The summed E-state index contributed by atoms with van der Waals surface area (Å²) in [4.78, 5) is 5.18. The Labute approximate surface area is 179 Å². The predicted octanol–water partition coefficient (Wildman–Crippen LogP) is 6.31. The molecule has 2 aromatic carbocycles. The molecule has 0 radical (unpaired) electrons. The summed E-state index contributed by atoms with van der Waals surface area (Å²) in [5.74, 6) is 2.08. The topological polar surface area (TPSA) is 36.3 Å². The molecule has 4 heteroatoms. The number of hydrogen-bond acceptors (Lipinski definition) is 3. The van der Waals surface area contributed by atoms with E-state index in [0.717, 1.165) is 41.4 Å². The molecule has 2 heterocycles. The number of benzene rings is 2. The van der Waals surface area contributed by atoms with Gasteiger partial charge in [0.25, 0.3) is 0 Å². The molecule has 0 amide bonds. The van der Waals surface area contributed by atoms with Crippen LogP contribution in [0.1, 0.15) is 57.7 Å². The maximum Gasteiger partial charge on any atom is 0.148 e. The first-order chi connectivity index (χ1) is 14.2. The molecule has 158 valence electrons. The molecule has 1 fully saturated rings. The first-order valence-corrected chi connectivity index (χ1v) is 10.7. The van der Waals surface area contributed by atoms with E-state index in [9.17, 15) is 0 Å². The molecule has 1 aliphatic heterocycles. The predicted molar refractivity (Wildman–Crippen MR) is 122 cm³/mol. The van der Waals surface area contributed by atoms with Crippen molar-refractivity contribution in [1.29, 1.82) is 0 Å². The summed E-state index contributed by atoms with van der Waals surface area (Å²) in [6.45, 7) is 10.8. The summed E-state index contributed by atoms with van der Waals surface area (Å²) in [7, 11) is 1.71. The molecule has 0 spiro atoms. The van der Waals surface area contributed by atoms with E-state index >= 15 is 0 Å². The number of imidazole rings is 1. The second-order valence-corrected chi connectivity index (χ2v) is 9.63. The second kappa shape index (κ2) is 7.59. The number of para-hydroxylation sites is 1. The monoisotopic (exact) mass is 404 g/mol. The third-order valence-electron chi connectivity index (χ3n) is 5.80. The molecule has 0 bridgehead atoms. The van der Waals surface area contributed by atoms with E-state index in [1.807, 2.05) is 18.2 Å². The standard InChI is InChI=1S/C26H32N2O2/c1-18-10-9-11-20(14-18)28-17-22(19-15-25(2,3)30-26(4,5)16-19)27-24(28)21-12-7-8-13-23(21)29-6/h7-14,17,19H,15-16H2,1-6H3. The van der Waals surface area contributed by atoms with Crippen molar-refractivity contribution < 1.29 is 9.47 Å². The Morgan fingerprint density at radius 1 is 1.00 bits per heavy atom. The van der Waals surface area contributed by atoms with Crippen molar-refractivity contribution in [3.63, 3.8) is 0 Å². The molecule has 0 N–H and O–H groups in total. The summed E-state index contributed by atoms with van der Waals surface area (Å²) in [5.41, 5.74) is 4.09. The average Bonchev–Trinajstić information content (AvgIpc) is 3.11. The maximum atomic E-state index is 6.32. The molecule has 4 rings (SSSR count). The highest BCUT2D eigenvalue weighted by Gasteiger charge is 2.41. The van der Waals surface area contributed by atoms with Crippen LogP contribution in [0.3, 0.4) is 0 Å². The highest BCUT2D eigenvalue weighted by molar-refractivity contribution is 5.67. The minimum atomic E-state index is -0.176. The van der Waals surface area contributed by atoms with Gasteiger partial charge in [-0.25, -0.2) is 4.98 Å². The van der Waals surface area contributed by atoms with Gasteiger partial charge in [0.05, 0.1) is 29.6 Å². The van der Waals surface area contributed by atoms with Gasteiger partial charge in [-0.3, -0.25) is 4.57 Å². The molecule has 4 nitrogen and oxygen atoms in total. The summed E-state index contributed by atoms with van der Waals surface area (Å²) < 4.78 is 14.2. The van der Waals surface area contributed by atoms with E-state index in [1.54, 1.807) is 7.11 Å². The van der Waals surface area contributed by atoms with Crippen molar-refractivity contribution in [2.45, 2.75) is 64.6 Å². The minimum Gasteiger partial charge on any atom is -0.496 e.